The molecule has 0 bridgehead atoms. The highest BCUT2D eigenvalue weighted by atomic mass is 35.5. The zero-order valence-electron chi connectivity index (χ0n) is 41.6. The van der Waals surface area contributed by atoms with Gasteiger partial charge in [-0.05, 0) is 102 Å². The van der Waals surface area contributed by atoms with Gasteiger partial charge in [0.1, 0.15) is 46.5 Å². The van der Waals surface area contributed by atoms with Crippen molar-refractivity contribution in [3.63, 3.8) is 0 Å². The molecule has 3 heterocycles. The van der Waals surface area contributed by atoms with Gasteiger partial charge in [-0.15, -0.1) is 0 Å². The molecule has 77 heavy (non-hydrogen) atoms. The first-order valence-corrected chi connectivity index (χ1v) is 27.1. The summed E-state index contributed by atoms with van der Waals surface area (Å²) in [6.07, 6.45) is -11.1. The summed E-state index contributed by atoms with van der Waals surface area (Å²) in [7, 11) is -8.85. The van der Waals surface area contributed by atoms with E-state index in [1.54, 1.807) is 20.8 Å². The number of halogens is 11. The minimum atomic E-state index is -5.24. The van der Waals surface area contributed by atoms with E-state index in [-0.39, 0.29) is 36.9 Å². The molecular weight excluding hydrogens is 1110 g/mol. The maximum Gasteiger partial charge on any atom is 0.435 e. The number of carbonyl (C=O) groups is 3. The summed E-state index contributed by atoms with van der Waals surface area (Å²) in [5.41, 5.74) is -0.971. The van der Waals surface area contributed by atoms with Gasteiger partial charge in [0.25, 0.3) is 11.8 Å². The van der Waals surface area contributed by atoms with Crippen LogP contribution >= 0.6 is 11.6 Å². The third-order valence-electron chi connectivity index (χ3n) is 12.4. The Balaban J connectivity index is 1.46. The lowest BCUT2D eigenvalue weighted by atomic mass is 9.93. The van der Waals surface area contributed by atoms with E-state index in [0.29, 0.717) is 12.3 Å². The topological polar surface area (TPSA) is 219 Å². The van der Waals surface area contributed by atoms with Crippen LogP contribution in [0.2, 0.25) is 5.02 Å². The van der Waals surface area contributed by atoms with Gasteiger partial charge in [-0.2, -0.15) is 49.6 Å². The van der Waals surface area contributed by atoms with Crippen LogP contribution in [0.5, 0.6) is 0 Å². The predicted octanol–water partition coefficient (Wildman–Crippen LogP) is 8.03. The van der Waals surface area contributed by atoms with Crippen molar-refractivity contribution in [1.82, 2.24) is 29.9 Å². The summed E-state index contributed by atoms with van der Waals surface area (Å²) < 4.78 is 204. The Bertz CT molecular complexity index is 3510. The molecule has 2 aliphatic rings. The molecule has 2 amide bonds. The summed E-state index contributed by atoms with van der Waals surface area (Å²) in [5, 5.41) is 8.58. The third kappa shape index (κ3) is 12.5. The molecule has 0 aliphatic heterocycles. The summed E-state index contributed by atoms with van der Waals surface area (Å²) in [4.78, 5) is 45.4. The molecule has 2 aliphatic carbocycles. The average molecular weight is 1150 g/mol. The SMILES string of the molecule is CC(C)(C)OC(=O)CC[C@H](N)C(=O)N(c1nn(CC(F)(F)F)c2c(-c3ccc(C#CC(C)(C)S(C)(=O)=O)nc3[C@H](Cc3cc(F)cc(F)c3)NC(=O)Cn3nc(C(F)(F)F)c4c3C(F)(F)[C@@H]3C[C@H]43)ccc(Cl)c12)S(C)(=O)=O. The second kappa shape index (κ2) is 20.2. The van der Waals surface area contributed by atoms with Gasteiger partial charge < -0.3 is 15.8 Å². The van der Waals surface area contributed by atoms with Crippen molar-refractivity contribution in [2.75, 3.05) is 16.8 Å². The zero-order chi connectivity index (χ0) is 57.5. The number of nitrogens with zero attached hydrogens (tertiary/aromatic N) is 6. The standard InChI is InChI=1S/C48H47ClF10N8O8S2/c1-44(2,3)75-35(69)13-12-32(60)43(70)67(77(7,73)74)42-37-31(49)11-10-28(39(37)66(64-42)22-46(52,53)54)27-9-8-26(14-15-45(4,5)76(6,71)72)61-38(27)33(18-23-16-24(50)19-25(51)17-23)62-34(68)21-65-41-36(40(63-65)48(57,58)59)29-20-30(29)47(41,55)56/h8-11,16-17,19,29-30,32-33H,12-13,18,20-22,60H2,1-7H3,(H,62,68)/t29-,30+,32-,33-/m0/s1. The third-order valence-corrected chi connectivity index (χ3v) is 15.7. The Morgan fingerprint density at radius 3 is 2.13 bits per heavy atom. The molecule has 0 spiro atoms. The van der Waals surface area contributed by atoms with Crippen molar-refractivity contribution in [2.45, 2.75) is 120 Å². The molecule has 416 valence electrons. The summed E-state index contributed by atoms with van der Waals surface area (Å²) in [6, 6.07) is 2.79. The maximum absolute atomic E-state index is 15.6. The number of nitrogens with two attached hydrogens (primary N) is 1. The number of alkyl halides is 8. The molecule has 3 aromatic heterocycles. The Hall–Kier alpha value is -6.31. The monoisotopic (exact) mass is 1150 g/mol. The smallest absolute Gasteiger partial charge is 0.435 e. The van der Waals surface area contributed by atoms with Crippen LogP contribution in [0.4, 0.5) is 49.7 Å². The number of carbonyl (C=O) groups excluding carboxylic acids is 3. The van der Waals surface area contributed by atoms with Crippen molar-refractivity contribution in [3.8, 4) is 23.0 Å². The van der Waals surface area contributed by atoms with Crippen LogP contribution in [0, 0.1) is 29.4 Å². The first kappa shape index (κ1) is 58.4. The van der Waals surface area contributed by atoms with E-state index in [9.17, 15) is 66.3 Å². The number of nitrogens with one attached hydrogen (secondary N) is 1. The molecule has 29 heteroatoms. The highest BCUT2D eigenvalue weighted by Gasteiger charge is 2.68. The number of rotatable bonds is 15. The average Bonchev–Trinajstić information content (AvgIpc) is 3.78. The number of benzene rings is 2. The van der Waals surface area contributed by atoms with Gasteiger partial charge in [0.15, 0.2) is 21.3 Å². The van der Waals surface area contributed by atoms with Crippen molar-refractivity contribution < 1.29 is 79.9 Å². The molecule has 1 fully saturated rings. The molecule has 7 rings (SSSR count). The van der Waals surface area contributed by atoms with Crippen LogP contribution in [0.15, 0.2) is 42.5 Å². The van der Waals surface area contributed by atoms with Crippen LogP contribution in [0.25, 0.3) is 22.0 Å². The Kier molecular flexibility index (Phi) is 15.3. The van der Waals surface area contributed by atoms with Gasteiger partial charge in [0.05, 0.1) is 40.0 Å². The largest absolute Gasteiger partial charge is 0.460 e. The highest BCUT2D eigenvalue weighted by molar-refractivity contribution is 7.93. The van der Waals surface area contributed by atoms with Gasteiger partial charge in [0, 0.05) is 41.4 Å². The molecule has 2 aromatic carbocycles. The minimum absolute atomic E-state index is 0.0102. The fourth-order valence-electron chi connectivity index (χ4n) is 8.76. The predicted molar refractivity (Wildman–Crippen MR) is 258 cm³/mol. The van der Waals surface area contributed by atoms with Crippen molar-refractivity contribution in [1.29, 1.82) is 0 Å². The fourth-order valence-corrected chi connectivity index (χ4v) is 10.1. The molecule has 5 aromatic rings. The number of sulfonamides is 1. The van der Waals surface area contributed by atoms with Crippen LogP contribution < -0.4 is 15.4 Å². The number of sulfone groups is 1. The second-order valence-corrected chi connectivity index (χ2v) is 24.9. The molecule has 16 nitrogen and oxygen atoms in total. The number of aromatic nitrogens is 5. The van der Waals surface area contributed by atoms with Crippen molar-refractivity contribution in [2.24, 2.45) is 11.7 Å². The zero-order valence-corrected chi connectivity index (χ0v) is 44.0. The Morgan fingerprint density at radius 2 is 1.56 bits per heavy atom. The lowest BCUT2D eigenvalue weighted by Gasteiger charge is -2.24. The molecule has 3 N–H and O–H groups in total. The minimum Gasteiger partial charge on any atom is -0.460 e. The van der Waals surface area contributed by atoms with E-state index >= 15 is 8.78 Å². The lowest BCUT2D eigenvalue weighted by Crippen LogP contribution is -2.47. The first-order valence-electron chi connectivity index (χ1n) is 23.0. The number of hydrogen-bond donors (Lipinski definition) is 2. The number of esters is 1. The van der Waals surface area contributed by atoms with Crippen LogP contribution in [-0.2, 0) is 70.6 Å². The molecule has 0 radical (unpaired) electrons. The molecular formula is C48H47ClF10N8O8S2. The van der Waals surface area contributed by atoms with Gasteiger partial charge in [-0.3, -0.25) is 23.7 Å². The Labute approximate surface area is 438 Å². The molecule has 0 unspecified atom stereocenters. The quantitative estimate of drug-likeness (QED) is 0.0578. The normalized spacial score (nSPS) is 17.2. The maximum atomic E-state index is 15.6. The number of amides is 2. The lowest BCUT2D eigenvalue weighted by molar-refractivity contribution is -0.155. The van der Waals surface area contributed by atoms with Gasteiger partial charge >= 0.3 is 18.3 Å². The fraction of sp³-hybridized carbons (Fsp3) is 0.458. The van der Waals surface area contributed by atoms with Gasteiger partial charge in [-0.1, -0.05) is 23.6 Å². The van der Waals surface area contributed by atoms with Crippen LogP contribution in [0.3, 0.4) is 0 Å². The van der Waals surface area contributed by atoms with Crippen molar-refractivity contribution in [3.05, 3.63) is 93.0 Å². The Morgan fingerprint density at radius 1 is 0.935 bits per heavy atom. The molecule has 4 atom stereocenters. The van der Waals surface area contributed by atoms with Gasteiger partial charge in [0.2, 0.25) is 15.9 Å². The summed E-state index contributed by atoms with van der Waals surface area (Å²) in [6.45, 7) is 3.76. The molecule has 0 saturated heterocycles. The van der Waals surface area contributed by atoms with E-state index in [2.05, 4.69) is 32.3 Å². The highest BCUT2D eigenvalue weighted by Crippen LogP contribution is 2.68. The van der Waals surface area contributed by atoms with E-state index in [4.69, 9.17) is 22.1 Å². The second-order valence-electron chi connectivity index (χ2n) is 20.1. The van der Waals surface area contributed by atoms with E-state index in [1.807, 2.05) is 0 Å². The molecule has 1 saturated carbocycles. The summed E-state index contributed by atoms with van der Waals surface area (Å²) in [5.74, 6) is -8.51. The number of ether oxygens (including phenoxy) is 1. The van der Waals surface area contributed by atoms with Crippen LogP contribution in [0.1, 0.15) is 99.7 Å². The summed E-state index contributed by atoms with van der Waals surface area (Å²) >= 11 is 6.68. The number of pyridine rings is 1. The van der Waals surface area contributed by atoms with E-state index in [1.165, 1.54) is 13.8 Å². The van der Waals surface area contributed by atoms with E-state index < -0.39 is 184 Å². The number of fused-ring (bicyclic) bond motifs is 4. The number of hydrogen-bond acceptors (Lipinski definition) is 12. The number of anilines is 1. The van der Waals surface area contributed by atoms with Crippen molar-refractivity contribution >= 4 is 66.0 Å². The first-order chi connectivity index (χ1) is 35.2. The van der Waals surface area contributed by atoms with E-state index in [0.717, 1.165) is 42.7 Å². The van der Waals surface area contributed by atoms with Crippen LogP contribution in [-0.4, -0.2) is 94.2 Å². The van der Waals surface area contributed by atoms with Gasteiger partial charge in [-0.25, -0.2) is 30.6 Å².